The number of phenolic OH excluding ortho intramolecular Hbond substituents is 1. The van der Waals surface area contributed by atoms with Crippen LogP contribution in [-0.2, 0) is 41.6 Å². The molecule has 2 N–H and O–H groups in total. The summed E-state index contributed by atoms with van der Waals surface area (Å²) < 4.78 is 27.5. The lowest BCUT2D eigenvalue weighted by atomic mass is 9.53. The first-order valence-corrected chi connectivity index (χ1v) is 21.8. The summed E-state index contributed by atoms with van der Waals surface area (Å²) in [6, 6.07) is 16.8. The van der Waals surface area contributed by atoms with Gasteiger partial charge in [0, 0.05) is 53.1 Å². The Kier molecular flexibility index (Phi) is 11.1. The molecule has 4 unspecified atom stereocenters. The lowest BCUT2D eigenvalue weighted by molar-refractivity contribution is -0.138. The number of aromatic nitrogens is 5. The summed E-state index contributed by atoms with van der Waals surface area (Å²) >= 11 is 16.3. The molecule has 3 aliphatic rings. The molecule has 4 heterocycles. The maximum atomic E-state index is 15.6. The minimum absolute atomic E-state index is 0.0836. The van der Waals surface area contributed by atoms with Crippen molar-refractivity contribution in [3.05, 3.63) is 141 Å². The predicted octanol–water partition coefficient (Wildman–Crippen LogP) is 5.73. The second-order valence-electron chi connectivity index (χ2n) is 15.8. The number of fused-ring (bicyclic) bond motifs is 5. The Morgan fingerprint density at radius 1 is 0.877 bits per heavy atom. The Labute approximate surface area is 388 Å². The van der Waals surface area contributed by atoms with Crippen LogP contribution in [0.1, 0.15) is 35.2 Å². The molecular formula is C45H40BrCl2N7O10. The largest absolute Gasteiger partial charge is 0.504 e. The predicted molar refractivity (Wildman–Crippen MR) is 244 cm³/mol. The fourth-order valence-corrected chi connectivity index (χ4v) is 10.7. The monoisotopic (exact) mass is 987 g/mol. The molecule has 20 heteroatoms. The average Bonchev–Trinajstić information content (AvgIpc) is 3.67. The molecule has 2 aliphatic heterocycles. The SMILES string of the molecule is COc1ccc(C23C(=O)N(Nc4ccc(Cl)cc4Cl)C(=O)C2CC2C(=CCn4c(=O)n(CCc5nc6cc(OC)c(OC)cc6n(C)c5=O)c(=O)n42)C3c2cc(Br)cc(OC)c2O)cc1. The number of carbonyl (C=O) groups is 2. The highest BCUT2D eigenvalue weighted by molar-refractivity contribution is 9.10. The van der Waals surface area contributed by atoms with E-state index in [2.05, 4.69) is 26.3 Å². The third-order valence-corrected chi connectivity index (χ3v) is 13.7. The molecule has 4 aromatic carbocycles. The van der Waals surface area contributed by atoms with Crippen molar-refractivity contribution in [3.8, 4) is 28.7 Å². The summed E-state index contributed by atoms with van der Waals surface area (Å²) in [5.41, 5.74) is 1.77. The fraction of sp³-hybridized carbons (Fsp3) is 0.289. The van der Waals surface area contributed by atoms with Crippen molar-refractivity contribution in [2.45, 2.75) is 43.3 Å². The van der Waals surface area contributed by atoms with Gasteiger partial charge in [-0.2, -0.15) is 5.01 Å². The van der Waals surface area contributed by atoms with E-state index in [0.29, 0.717) is 48.9 Å². The first kappa shape index (κ1) is 43.7. The van der Waals surface area contributed by atoms with Crippen LogP contribution in [0.25, 0.3) is 11.0 Å². The minimum atomic E-state index is -1.77. The summed E-state index contributed by atoms with van der Waals surface area (Å²) in [6.45, 7) is -0.322. The summed E-state index contributed by atoms with van der Waals surface area (Å²) in [4.78, 5) is 78.1. The van der Waals surface area contributed by atoms with E-state index in [1.165, 1.54) is 54.5 Å². The van der Waals surface area contributed by atoms with Crippen LogP contribution in [0.4, 0.5) is 5.69 Å². The third-order valence-electron chi connectivity index (χ3n) is 12.7. The zero-order chi connectivity index (χ0) is 46.2. The molecule has 6 aromatic rings. The second kappa shape index (κ2) is 16.5. The van der Waals surface area contributed by atoms with Gasteiger partial charge in [0.1, 0.15) is 11.4 Å². The number of nitrogens with zero attached hydrogens (tertiary/aromatic N) is 6. The second-order valence-corrected chi connectivity index (χ2v) is 17.6. The number of halogens is 3. The number of benzene rings is 4. The van der Waals surface area contributed by atoms with Gasteiger partial charge in [0.15, 0.2) is 23.0 Å². The van der Waals surface area contributed by atoms with E-state index < -0.39 is 52.0 Å². The van der Waals surface area contributed by atoms with Crippen LogP contribution < -0.4 is 41.3 Å². The van der Waals surface area contributed by atoms with Gasteiger partial charge < -0.3 is 28.6 Å². The number of hydrogen-bond donors (Lipinski definition) is 2. The molecule has 1 aliphatic carbocycles. The minimum Gasteiger partial charge on any atom is -0.504 e. The van der Waals surface area contributed by atoms with E-state index in [4.69, 9.17) is 42.1 Å². The van der Waals surface area contributed by atoms with E-state index in [1.807, 2.05) is 0 Å². The number of nitrogens with one attached hydrogen (secondary N) is 1. The zero-order valence-corrected chi connectivity index (χ0v) is 38.5. The summed E-state index contributed by atoms with van der Waals surface area (Å²) in [5.74, 6) is -2.58. The number of rotatable bonds is 11. The summed E-state index contributed by atoms with van der Waals surface area (Å²) in [7, 11) is 7.45. The van der Waals surface area contributed by atoms with Crippen LogP contribution in [0.15, 0.2) is 97.2 Å². The van der Waals surface area contributed by atoms with Crippen molar-refractivity contribution in [1.82, 2.24) is 28.5 Å². The zero-order valence-electron chi connectivity index (χ0n) is 35.4. The molecule has 2 fully saturated rings. The van der Waals surface area contributed by atoms with Gasteiger partial charge in [-0.1, -0.05) is 57.3 Å². The van der Waals surface area contributed by atoms with Gasteiger partial charge in [0.25, 0.3) is 17.4 Å². The maximum Gasteiger partial charge on any atom is 0.347 e. The van der Waals surface area contributed by atoms with Crippen LogP contribution in [-0.4, -0.2) is 73.9 Å². The first-order chi connectivity index (χ1) is 31.2. The Hall–Kier alpha value is -6.50. The number of allylic oxidation sites excluding steroid dienone is 2. The molecule has 0 spiro atoms. The molecule has 2 amide bonds. The smallest absolute Gasteiger partial charge is 0.347 e. The Morgan fingerprint density at radius 3 is 2.26 bits per heavy atom. The molecule has 9 rings (SSSR count). The Morgan fingerprint density at radius 2 is 1.58 bits per heavy atom. The van der Waals surface area contributed by atoms with Gasteiger partial charge in [-0.05, 0) is 60.0 Å². The van der Waals surface area contributed by atoms with Gasteiger partial charge >= 0.3 is 11.4 Å². The topological polar surface area (TPSA) is 190 Å². The molecule has 1 saturated heterocycles. The van der Waals surface area contributed by atoms with Gasteiger partial charge in [-0.25, -0.2) is 28.5 Å². The van der Waals surface area contributed by atoms with E-state index in [-0.39, 0.29) is 59.4 Å². The van der Waals surface area contributed by atoms with Gasteiger partial charge in [-0.15, -0.1) is 0 Å². The highest BCUT2D eigenvalue weighted by Gasteiger charge is 2.69. The van der Waals surface area contributed by atoms with Crippen molar-refractivity contribution >= 4 is 67.7 Å². The van der Waals surface area contributed by atoms with E-state index in [9.17, 15) is 19.5 Å². The quantitative estimate of drug-likeness (QED) is 0.119. The van der Waals surface area contributed by atoms with Crippen LogP contribution in [0.5, 0.6) is 28.7 Å². The van der Waals surface area contributed by atoms with Crippen LogP contribution in [0.2, 0.25) is 10.0 Å². The van der Waals surface area contributed by atoms with Crippen molar-refractivity contribution < 1.29 is 33.6 Å². The molecular weight excluding hydrogens is 949 g/mol. The molecule has 17 nitrogen and oxygen atoms in total. The number of ether oxygens (including phenoxy) is 4. The highest BCUT2D eigenvalue weighted by atomic mass is 79.9. The molecule has 0 radical (unpaired) electrons. The number of aryl methyl sites for hydroxylation is 2. The van der Waals surface area contributed by atoms with Crippen molar-refractivity contribution in [3.63, 3.8) is 0 Å². The number of hydrazine groups is 1. The number of amides is 2. The Bertz CT molecular complexity index is 3200. The average molecular weight is 990 g/mol. The van der Waals surface area contributed by atoms with Crippen LogP contribution >= 0.6 is 39.1 Å². The van der Waals surface area contributed by atoms with Crippen LogP contribution in [0.3, 0.4) is 0 Å². The highest BCUT2D eigenvalue weighted by Crippen LogP contribution is 2.63. The fourth-order valence-electron chi connectivity index (χ4n) is 9.75. The molecule has 336 valence electrons. The first-order valence-electron chi connectivity index (χ1n) is 20.2. The van der Waals surface area contributed by atoms with E-state index in [1.54, 1.807) is 67.7 Å². The molecule has 0 bridgehead atoms. The number of anilines is 1. The van der Waals surface area contributed by atoms with E-state index >= 15 is 9.59 Å². The molecule has 4 atom stereocenters. The Balaban J connectivity index is 1.20. The lowest BCUT2D eigenvalue weighted by Crippen LogP contribution is -2.53. The van der Waals surface area contributed by atoms with Crippen molar-refractivity contribution in [2.24, 2.45) is 13.0 Å². The number of imide groups is 1. The molecule has 65 heavy (non-hydrogen) atoms. The lowest BCUT2D eigenvalue weighted by Gasteiger charge is -2.49. The van der Waals surface area contributed by atoms with Gasteiger partial charge in [0.05, 0.1) is 74.1 Å². The molecule has 1 saturated carbocycles. The van der Waals surface area contributed by atoms with E-state index in [0.717, 1.165) is 9.58 Å². The molecule has 2 aromatic heterocycles. The number of hydrogen-bond acceptors (Lipinski definition) is 12. The maximum absolute atomic E-state index is 15.6. The summed E-state index contributed by atoms with van der Waals surface area (Å²) in [6.07, 6.45) is 1.55. The third kappa shape index (κ3) is 6.71. The van der Waals surface area contributed by atoms with Crippen LogP contribution in [0, 0.1) is 5.92 Å². The van der Waals surface area contributed by atoms with Gasteiger partial charge in [-0.3, -0.25) is 19.8 Å². The number of methoxy groups -OCH3 is 4. The van der Waals surface area contributed by atoms with Crippen molar-refractivity contribution in [2.75, 3.05) is 33.9 Å². The summed E-state index contributed by atoms with van der Waals surface area (Å²) in [5, 5.41) is 13.4. The number of aromatic hydroxyl groups is 1. The standard InChI is InChI=1S/C45H40BrCl2N7O10/c1-51-34-21-36(64-4)35(63-3)20-32(34)49-31(41(51)58)13-14-52-43(60)53-15-12-26-33(55(53)44(52)61)19-28-40(57)54(50-30-11-8-24(47)18-29(30)48)42(59)45(28,22-6-9-25(62-2)10-7-22)38(26)27-16-23(46)17-37(65-5)39(27)56/h6-12,16-18,20-21,28,33,38,50,56H,13-15,19H2,1-5H3. The number of phenols is 1. The number of carbonyl (C=O) groups excluding carboxylic acids is 2. The normalized spacial score (nSPS) is 20.0. The van der Waals surface area contributed by atoms with Crippen molar-refractivity contribution in [1.29, 1.82) is 0 Å². The van der Waals surface area contributed by atoms with Gasteiger partial charge in [0.2, 0.25) is 0 Å².